The van der Waals surface area contributed by atoms with Crippen LogP contribution in [0.25, 0.3) is 0 Å². The standard InChI is InChI=1S/C18H12ClFN4O3S/c19-11-4-6-13(7-5-11)24-17(27)14(16(26)22-18(24)28)9-21-23-15(25)10-2-1-3-12(20)8-10/h1-9,14H,(H,23,25)(H,22,26,28)/b21-9-/t14-/m0/s1. The summed E-state index contributed by atoms with van der Waals surface area (Å²) < 4.78 is 13.2. The van der Waals surface area contributed by atoms with Crippen LogP contribution in [0.2, 0.25) is 5.02 Å². The lowest BCUT2D eigenvalue weighted by molar-refractivity contribution is -0.130. The van der Waals surface area contributed by atoms with Crippen molar-refractivity contribution in [2.75, 3.05) is 4.90 Å². The van der Waals surface area contributed by atoms with Crippen molar-refractivity contribution in [3.05, 3.63) is 64.9 Å². The molecule has 1 heterocycles. The predicted molar refractivity (Wildman–Crippen MR) is 106 cm³/mol. The molecule has 1 fully saturated rings. The Morgan fingerprint density at radius 2 is 1.96 bits per heavy atom. The maximum atomic E-state index is 13.2. The van der Waals surface area contributed by atoms with Gasteiger partial charge >= 0.3 is 0 Å². The molecule has 2 aromatic rings. The number of hydrogen-bond donors (Lipinski definition) is 2. The van der Waals surface area contributed by atoms with Gasteiger partial charge in [0, 0.05) is 16.8 Å². The van der Waals surface area contributed by atoms with E-state index in [1.165, 1.54) is 18.2 Å². The third-order valence-electron chi connectivity index (χ3n) is 3.76. The summed E-state index contributed by atoms with van der Waals surface area (Å²) in [5.41, 5.74) is 2.61. The number of benzene rings is 2. The highest BCUT2D eigenvalue weighted by Gasteiger charge is 2.38. The van der Waals surface area contributed by atoms with Gasteiger partial charge in [-0.3, -0.25) is 19.3 Å². The van der Waals surface area contributed by atoms with Crippen molar-refractivity contribution in [3.8, 4) is 0 Å². The smallest absolute Gasteiger partial charge is 0.271 e. The third kappa shape index (κ3) is 4.21. The second-order valence-electron chi connectivity index (χ2n) is 5.65. The van der Waals surface area contributed by atoms with E-state index in [2.05, 4.69) is 15.8 Å². The lowest BCUT2D eigenvalue weighted by atomic mass is 10.1. The molecule has 2 aromatic carbocycles. The van der Waals surface area contributed by atoms with Gasteiger partial charge in [0.05, 0.1) is 5.69 Å². The zero-order valence-electron chi connectivity index (χ0n) is 14.1. The highest BCUT2D eigenvalue weighted by atomic mass is 35.5. The van der Waals surface area contributed by atoms with Gasteiger partial charge in [0.25, 0.3) is 11.8 Å². The SMILES string of the molecule is O=C(N/N=C\[C@H]1C(=O)NC(=S)N(c2ccc(Cl)cc2)C1=O)c1cccc(F)c1. The number of thiocarbonyl (C=S) groups is 1. The van der Waals surface area contributed by atoms with Crippen molar-refractivity contribution in [1.29, 1.82) is 0 Å². The van der Waals surface area contributed by atoms with E-state index >= 15 is 0 Å². The number of amides is 3. The first-order chi connectivity index (χ1) is 13.4. The highest BCUT2D eigenvalue weighted by molar-refractivity contribution is 7.80. The molecule has 0 aliphatic carbocycles. The molecule has 1 aliphatic heterocycles. The molecular weight excluding hydrogens is 407 g/mol. The Labute approximate surface area is 169 Å². The monoisotopic (exact) mass is 418 g/mol. The highest BCUT2D eigenvalue weighted by Crippen LogP contribution is 2.22. The molecule has 3 rings (SSSR count). The summed E-state index contributed by atoms with van der Waals surface area (Å²) in [5.74, 6) is -3.89. The first-order valence-electron chi connectivity index (χ1n) is 7.90. The average Bonchev–Trinajstić information content (AvgIpc) is 2.65. The van der Waals surface area contributed by atoms with Crippen molar-refractivity contribution in [2.45, 2.75) is 0 Å². The Hall–Kier alpha value is -3.17. The minimum atomic E-state index is -1.31. The van der Waals surface area contributed by atoms with Crippen LogP contribution in [0, 0.1) is 11.7 Å². The van der Waals surface area contributed by atoms with Crippen molar-refractivity contribution < 1.29 is 18.8 Å². The zero-order chi connectivity index (χ0) is 20.3. The summed E-state index contributed by atoms with van der Waals surface area (Å²) in [6.45, 7) is 0. The molecule has 1 atom stereocenters. The van der Waals surface area contributed by atoms with Crippen LogP contribution in [0.1, 0.15) is 10.4 Å². The van der Waals surface area contributed by atoms with Crippen molar-refractivity contribution in [2.24, 2.45) is 11.0 Å². The van der Waals surface area contributed by atoms with Gasteiger partial charge in [0.2, 0.25) is 5.91 Å². The molecule has 2 N–H and O–H groups in total. The fourth-order valence-corrected chi connectivity index (χ4v) is 2.84. The average molecular weight is 419 g/mol. The molecule has 3 amide bonds. The molecule has 0 aromatic heterocycles. The zero-order valence-corrected chi connectivity index (χ0v) is 15.6. The molecule has 0 radical (unpaired) electrons. The molecule has 142 valence electrons. The van der Waals surface area contributed by atoms with E-state index in [0.29, 0.717) is 10.7 Å². The predicted octanol–water partition coefficient (Wildman–Crippen LogP) is 2.26. The summed E-state index contributed by atoms with van der Waals surface area (Å²) in [4.78, 5) is 37.9. The van der Waals surface area contributed by atoms with Crippen molar-refractivity contribution >= 4 is 58.6 Å². The van der Waals surface area contributed by atoms with Crippen molar-refractivity contribution in [1.82, 2.24) is 10.7 Å². The minimum absolute atomic E-state index is 0.0422. The quantitative estimate of drug-likeness (QED) is 0.345. The molecular formula is C18H12ClFN4O3S. The van der Waals surface area contributed by atoms with Crippen LogP contribution in [0.5, 0.6) is 0 Å². The summed E-state index contributed by atoms with van der Waals surface area (Å²) >= 11 is 10.9. The Morgan fingerprint density at radius 3 is 2.64 bits per heavy atom. The van der Waals surface area contributed by atoms with Gasteiger partial charge in [-0.05, 0) is 54.7 Å². The van der Waals surface area contributed by atoms with Gasteiger partial charge in [-0.15, -0.1) is 0 Å². The normalized spacial score (nSPS) is 17.0. The second kappa shape index (κ2) is 8.24. The van der Waals surface area contributed by atoms with Gasteiger partial charge in [0.1, 0.15) is 5.82 Å². The van der Waals surface area contributed by atoms with E-state index in [4.69, 9.17) is 23.8 Å². The summed E-state index contributed by atoms with van der Waals surface area (Å²) in [6, 6.07) is 11.3. The van der Waals surface area contributed by atoms with E-state index in [9.17, 15) is 18.8 Å². The maximum absolute atomic E-state index is 13.2. The maximum Gasteiger partial charge on any atom is 0.271 e. The van der Waals surface area contributed by atoms with Crippen LogP contribution in [0.4, 0.5) is 10.1 Å². The van der Waals surface area contributed by atoms with E-state index in [-0.39, 0.29) is 10.7 Å². The van der Waals surface area contributed by atoms with Gasteiger partial charge in [-0.1, -0.05) is 17.7 Å². The van der Waals surface area contributed by atoms with Gasteiger partial charge in [-0.2, -0.15) is 5.10 Å². The lowest BCUT2D eigenvalue weighted by Gasteiger charge is -2.30. The van der Waals surface area contributed by atoms with Gasteiger partial charge in [-0.25, -0.2) is 9.82 Å². The van der Waals surface area contributed by atoms with E-state index in [1.54, 1.807) is 24.3 Å². The Bertz CT molecular complexity index is 997. The first kappa shape index (κ1) is 19.6. The fraction of sp³-hybridized carbons (Fsp3) is 0.0556. The summed E-state index contributed by atoms with van der Waals surface area (Å²) in [5, 5.41) is 6.46. The van der Waals surface area contributed by atoms with E-state index in [1.807, 2.05) is 0 Å². The molecule has 1 aliphatic rings. The third-order valence-corrected chi connectivity index (χ3v) is 4.30. The summed E-state index contributed by atoms with van der Waals surface area (Å²) in [7, 11) is 0. The Kier molecular flexibility index (Phi) is 5.76. The largest absolute Gasteiger partial charge is 0.301 e. The first-order valence-corrected chi connectivity index (χ1v) is 8.69. The molecule has 0 bridgehead atoms. The lowest BCUT2D eigenvalue weighted by Crippen LogP contribution is -2.58. The topological polar surface area (TPSA) is 90.9 Å². The minimum Gasteiger partial charge on any atom is -0.301 e. The van der Waals surface area contributed by atoms with Crippen LogP contribution < -0.4 is 15.6 Å². The number of rotatable bonds is 4. The number of carbonyl (C=O) groups is 3. The molecule has 1 saturated heterocycles. The number of nitrogens with zero attached hydrogens (tertiary/aromatic N) is 2. The molecule has 7 nitrogen and oxygen atoms in total. The van der Waals surface area contributed by atoms with Crippen LogP contribution in [-0.2, 0) is 9.59 Å². The second-order valence-corrected chi connectivity index (χ2v) is 6.47. The number of anilines is 1. The molecule has 0 unspecified atom stereocenters. The molecule has 0 saturated carbocycles. The van der Waals surface area contributed by atoms with E-state index < -0.39 is 29.5 Å². The van der Waals surface area contributed by atoms with Crippen LogP contribution in [-0.4, -0.2) is 29.0 Å². The van der Waals surface area contributed by atoms with Crippen LogP contribution in [0.3, 0.4) is 0 Å². The number of halogens is 2. The van der Waals surface area contributed by atoms with Crippen molar-refractivity contribution in [3.63, 3.8) is 0 Å². The number of hydrogen-bond acceptors (Lipinski definition) is 5. The Balaban J connectivity index is 1.75. The van der Waals surface area contributed by atoms with Crippen LogP contribution in [0.15, 0.2) is 53.6 Å². The van der Waals surface area contributed by atoms with Gasteiger partial charge < -0.3 is 5.32 Å². The van der Waals surface area contributed by atoms with Gasteiger partial charge in [0.15, 0.2) is 11.0 Å². The van der Waals surface area contributed by atoms with Crippen LogP contribution >= 0.6 is 23.8 Å². The number of nitrogens with one attached hydrogen (secondary N) is 2. The number of hydrazone groups is 1. The fourth-order valence-electron chi connectivity index (χ4n) is 2.42. The molecule has 28 heavy (non-hydrogen) atoms. The Morgan fingerprint density at radius 1 is 1.25 bits per heavy atom. The number of carbonyl (C=O) groups excluding carboxylic acids is 3. The van der Waals surface area contributed by atoms with E-state index in [0.717, 1.165) is 17.2 Å². The summed E-state index contributed by atoms with van der Waals surface area (Å²) in [6.07, 6.45) is 0.986. The molecule has 0 spiro atoms. The molecule has 10 heteroatoms.